The van der Waals surface area contributed by atoms with Crippen LogP contribution in [0.1, 0.15) is 43.8 Å². The van der Waals surface area contributed by atoms with Crippen LogP contribution in [0, 0.1) is 26.2 Å². The molecule has 0 aliphatic carbocycles. The highest BCUT2D eigenvalue weighted by Crippen LogP contribution is 2.27. The number of Topliss-reactive ketones (excluding diaryl/α,β-unsaturated/α-hetero) is 1. The molecule has 0 radical (unpaired) electrons. The molecule has 0 aliphatic heterocycles. The van der Waals surface area contributed by atoms with Gasteiger partial charge in [0, 0.05) is 5.41 Å². The lowest BCUT2D eigenvalue weighted by molar-refractivity contribution is -0.136. The average molecular weight is 363 g/mol. The zero-order valence-corrected chi connectivity index (χ0v) is 16.1. The lowest BCUT2D eigenvalue weighted by Gasteiger charge is -2.23. The third kappa shape index (κ3) is 4.25. The third-order valence-corrected chi connectivity index (χ3v) is 4.20. The normalized spacial score (nSPS) is 12.8. The van der Waals surface area contributed by atoms with Gasteiger partial charge in [-0.3, -0.25) is 9.59 Å². The standard InChI is InChI=1S/C18H23ClN4O2/c1-10-7-8-13(19)14(9-10)20-17(25)15(16(24)18(4,5)6)23-21-11(2)12(3)22-23/h7-9,15H,1-6H3,(H,20,25). The van der Waals surface area contributed by atoms with E-state index < -0.39 is 17.4 Å². The molecule has 0 saturated heterocycles. The molecule has 1 amide bonds. The van der Waals surface area contributed by atoms with E-state index in [1.54, 1.807) is 46.8 Å². The number of rotatable bonds is 4. The summed E-state index contributed by atoms with van der Waals surface area (Å²) in [6.45, 7) is 10.8. The average Bonchev–Trinajstić information content (AvgIpc) is 2.81. The van der Waals surface area contributed by atoms with Gasteiger partial charge in [-0.1, -0.05) is 38.4 Å². The number of hydrogen-bond acceptors (Lipinski definition) is 4. The molecule has 0 bridgehead atoms. The molecule has 134 valence electrons. The second-order valence-electron chi connectivity index (χ2n) is 7.18. The molecule has 0 aliphatic rings. The molecule has 7 heteroatoms. The van der Waals surface area contributed by atoms with Crippen molar-refractivity contribution in [1.82, 2.24) is 15.0 Å². The van der Waals surface area contributed by atoms with Gasteiger partial charge in [0.05, 0.1) is 22.1 Å². The van der Waals surface area contributed by atoms with Crippen molar-refractivity contribution in [2.24, 2.45) is 5.41 Å². The lowest BCUT2D eigenvalue weighted by Crippen LogP contribution is -2.39. The van der Waals surface area contributed by atoms with Gasteiger partial charge < -0.3 is 5.32 Å². The number of nitrogens with one attached hydrogen (secondary N) is 1. The number of nitrogens with zero attached hydrogens (tertiary/aromatic N) is 3. The van der Waals surface area contributed by atoms with Crippen LogP contribution < -0.4 is 5.32 Å². The summed E-state index contributed by atoms with van der Waals surface area (Å²) in [6.07, 6.45) is 0. The molecule has 1 atom stereocenters. The van der Waals surface area contributed by atoms with Crippen molar-refractivity contribution < 1.29 is 9.59 Å². The second kappa shape index (κ2) is 6.96. The zero-order chi connectivity index (χ0) is 18.9. The molecular formula is C18H23ClN4O2. The van der Waals surface area contributed by atoms with E-state index in [9.17, 15) is 9.59 Å². The number of amides is 1. The van der Waals surface area contributed by atoms with Gasteiger partial charge >= 0.3 is 0 Å². The summed E-state index contributed by atoms with van der Waals surface area (Å²) in [5.41, 5.74) is 2.02. The molecule has 1 heterocycles. The molecular weight excluding hydrogens is 340 g/mol. The van der Waals surface area contributed by atoms with E-state index in [2.05, 4.69) is 15.5 Å². The van der Waals surface area contributed by atoms with Crippen molar-refractivity contribution in [3.63, 3.8) is 0 Å². The Morgan fingerprint density at radius 2 is 1.68 bits per heavy atom. The molecule has 6 nitrogen and oxygen atoms in total. The summed E-state index contributed by atoms with van der Waals surface area (Å²) in [6, 6.07) is 4.14. The first kappa shape index (κ1) is 19.1. The van der Waals surface area contributed by atoms with Crippen LogP contribution in [-0.4, -0.2) is 26.7 Å². The highest BCUT2D eigenvalue weighted by atomic mass is 35.5. The SMILES string of the molecule is Cc1ccc(Cl)c(NC(=O)C(C(=O)C(C)(C)C)n2nc(C)c(C)n2)c1. The van der Waals surface area contributed by atoms with Crippen molar-refractivity contribution in [3.05, 3.63) is 40.2 Å². The predicted molar refractivity (Wildman–Crippen MR) is 97.8 cm³/mol. The maximum Gasteiger partial charge on any atom is 0.258 e. The summed E-state index contributed by atoms with van der Waals surface area (Å²) < 4.78 is 0. The molecule has 1 aromatic carbocycles. The van der Waals surface area contributed by atoms with E-state index in [0.29, 0.717) is 22.1 Å². The molecule has 2 rings (SSSR count). The molecule has 0 saturated carbocycles. The Bertz CT molecular complexity index is 801. The minimum absolute atomic E-state index is 0.274. The minimum atomic E-state index is -1.16. The quantitative estimate of drug-likeness (QED) is 0.842. The number of aromatic nitrogens is 3. The van der Waals surface area contributed by atoms with E-state index in [0.717, 1.165) is 5.56 Å². The number of carbonyl (C=O) groups is 2. The fourth-order valence-electron chi connectivity index (χ4n) is 2.26. The molecule has 1 aromatic heterocycles. The van der Waals surface area contributed by atoms with Gasteiger partial charge in [0.1, 0.15) is 0 Å². The van der Waals surface area contributed by atoms with Crippen LogP contribution in [0.4, 0.5) is 5.69 Å². The van der Waals surface area contributed by atoms with Crippen LogP contribution in [0.2, 0.25) is 5.02 Å². The first-order valence-electron chi connectivity index (χ1n) is 8.02. The summed E-state index contributed by atoms with van der Waals surface area (Å²) in [5, 5.41) is 11.6. The van der Waals surface area contributed by atoms with Gasteiger partial charge in [-0.25, -0.2) is 0 Å². The molecule has 0 fully saturated rings. The number of benzene rings is 1. The first-order valence-corrected chi connectivity index (χ1v) is 8.40. The van der Waals surface area contributed by atoms with Crippen LogP contribution >= 0.6 is 11.6 Å². The van der Waals surface area contributed by atoms with Crippen molar-refractivity contribution in [3.8, 4) is 0 Å². The van der Waals surface area contributed by atoms with Gasteiger partial charge in [0.15, 0.2) is 5.78 Å². The maximum absolute atomic E-state index is 12.9. The number of hydrogen-bond donors (Lipinski definition) is 1. The van der Waals surface area contributed by atoms with Gasteiger partial charge in [-0.15, -0.1) is 0 Å². The van der Waals surface area contributed by atoms with Gasteiger partial charge in [0.25, 0.3) is 5.91 Å². The molecule has 25 heavy (non-hydrogen) atoms. The van der Waals surface area contributed by atoms with Crippen LogP contribution in [0.3, 0.4) is 0 Å². The Morgan fingerprint density at radius 3 is 2.20 bits per heavy atom. The predicted octanol–water partition coefficient (Wildman–Crippen LogP) is 3.65. The van der Waals surface area contributed by atoms with Crippen molar-refractivity contribution in [2.45, 2.75) is 47.6 Å². The monoisotopic (exact) mass is 362 g/mol. The van der Waals surface area contributed by atoms with E-state index in [1.165, 1.54) is 4.80 Å². The van der Waals surface area contributed by atoms with Gasteiger partial charge in [0.2, 0.25) is 6.04 Å². The zero-order valence-electron chi connectivity index (χ0n) is 15.3. The van der Waals surface area contributed by atoms with Crippen molar-refractivity contribution in [2.75, 3.05) is 5.32 Å². The summed E-state index contributed by atoms with van der Waals surface area (Å²) in [4.78, 5) is 27.0. The largest absolute Gasteiger partial charge is 0.322 e. The van der Waals surface area contributed by atoms with Crippen LogP contribution in [0.25, 0.3) is 0 Å². The minimum Gasteiger partial charge on any atom is -0.322 e. The van der Waals surface area contributed by atoms with Crippen molar-refractivity contribution >= 4 is 29.0 Å². The Hall–Kier alpha value is -2.21. The number of carbonyl (C=O) groups excluding carboxylic acids is 2. The summed E-state index contributed by atoms with van der Waals surface area (Å²) in [7, 11) is 0. The molecule has 1 unspecified atom stereocenters. The molecule has 0 spiro atoms. The number of ketones is 1. The fraction of sp³-hybridized carbons (Fsp3) is 0.444. The van der Waals surface area contributed by atoms with Crippen LogP contribution in [0.15, 0.2) is 18.2 Å². The second-order valence-corrected chi connectivity index (χ2v) is 7.59. The van der Waals surface area contributed by atoms with Crippen molar-refractivity contribution in [1.29, 1.82) is 0 Å². The summed E-state index contributed by atoms with van der Waals surface area (Å²) >= 11 is 6.15. The van der Waals surface area contributed by atoms with Crippen LogP contribution in [-0.2, 0) is 9.59 Å². The first-order chi connectivity index (χ1) is 11.5. The Labute approximate surface area is 152 Å². The number of anilines is 1. The van der Waals surface area contributed by atoms with E-state index >= 15 is 0 Å². The van der Waals surface area contributed by atoms with E-state index in [-0.39, 0.29) is 5.78 Å². The van der Waals surface area contributed by atoms with Gasteiger partial charge in [-0.05, 0) is 38.5 Å². The lowest BCUT2D eigenvalue weighted by atomic mass is 9.86. The van der Waals surface area contributed by atoms with Crippen LogP contribution in [0.5, 0.6) is 0 Å². The molecule has 2 aromatic rings. The van der Waals surface area contributed by atoms with E-state index in [4.69, 9.17) is 11.6 Å². The topological polar surface area (TPSA) is 76.9 Å². The Morgan fingerprint density at radius 1 is 1.12 bits per heavy atom. The number of halogens is 1. The molecule has 1 N–H and O–H groups in total. The highest BCUT2D eigenvalue weighted by Gasteiger charge is 2.38. The summed E-state index contributed by atoms with van der Waals surface area (Å²) in [5.74, 6) is -0.786. The fourth-order valence-corrected chi connectivity index (χ4v) is 2.43. The smallest absolute Gasteiger partial charge is 0.258 e. The Kier molecular flexibility index (Phi) is 5.32. The highest BCUT2D eigenvalue weighted by molar-refractivity contribution is 6.34. The van der Waals surface area contributed by atoms with Gasteiger partial charge in [-0.2, -0.15) is 15.0 Å². The third-order valence-electron chi connectivity index (χ3n) is 3.88. The Balaban J connectivity index is 2.42. The van der Waals surface area contributed by atoms with E-state index in [1.807, 2.05) is 13.0 Å². The maximum atomic E-state index is 12.9. The number of aryl methyl sites for hydroxylation is 3.